The van der Waals surface area contributed by atoms with Gasteiger partial charge in [0.05, 0.1) is 6.10 Å². The van der Waals surface area contributed by atoms with Gasteiger partial charge in [-0.05, 0) is 42.0 Å². The van der Waals surface area contributed by atoms with Crippen LogP contribution in [-0.2, 0) is 11.3 Å². The molecule has 1 saturated heterocycles. The first-order valence-corrected chi connectivity index (χ1v) is 10.8. The predicted molar refractivity (Wildman–Crippen MR) is 118 cm³/mol. The highest BCUT2D eigenvalue weighted by Gasteiger charge is 2.21. The molecule has 5 nitrogen and oxygen atoms in total. The van der Waals surface area contributed by atoms with Gasteiger partial charge in [0.2, 0.25) is 0 Å². The van der Waals surface area contributed by atoms with Crippen molar-refractivity contribution in [1.29, 1.82) is 0 Å². The normalized spacial score (nSPS) is 17.4. The topological polar surface area (TPSA) is 59.0 Å². The molecular formula is C25H33NO4. The van der Waals surface area contributed by atoms with E-state index in [1.807, 2.05) is 0 Å². The Kier molecular flexibility index (Phi) is 8.43. The number of aliphatic hydroxyl groups excluding tert-OH is 1. The van der Waals surface area contributed by atoms with Gasteiger partial charge in [0.1, 0.15) is 24.7 Å². The third-order valence-corrected chi connectivity index (χ3v) is 5.44. The summed E-state index contributed by atoms with van der Waals surface area (Å²) < 4.78 is 11.5. The lowest BCUT2D eigenvalue weighted by atomic mass is 10.0. The molecular weight excluding hydrogens is 378 g/mol. The van der Waals surface area contributed by atoms with Crippen LogP contribution in [0, 0.1) is 0 Å². The van der Waals surface area contributed by atoms with E-state index in [1.54, 1.807) is 24.3 Å². The Balaban J connectivity index is 1.58. The zero-order chi connectivity index (χ0) is 21.3. The second-order valence-electron chi connectivity index (χ2n) is 8.38. The molecule has 30 heavy (non-hydrogen) atoms. The predicted octanol–water partition coefficient (Wildman–Crippen LogP) is 4.04. The molecule has 1 aliphatic heterocycles. The van der Waals surface area contributed by atoms with Crippen molar-refractivity contribution in [3.05, 3.63) is 65.2 Å². The summed E-state index contributed by atoms with van der Waals surface area (Å²) in [6.07, 6.45) is 2.53. The lowest BCUT2D eigenvalue weighted by Gasteiger charge is -2.27. The standard InChI is InChI=1S/C25H33NO4/c1-19(2)22-10-8-20(9-11-22)14-26(16-25-7-4-12-29-25)15-23(28)18-30-24-6-3-5-21(13-24)17-27/h3,5-6,8-11,13,17,19,23,25,28H,4,7,12,14-16,18H2,1-2H3. The van der Waals surface area contributed by atoms with Crippen LogP contribution in [0.25, 0.3) is 0 Å². The number of benzene rings is 2. The van der Waals surface area contributed by atoms with E-state index in [1.165, 1.54) is 11.1 Å². The molecule has 1 heterocycles. The molecule has 0 spiro atoms. The molecule has 0 aromatic heterocycles. The van der Waals surface area contributed by atoms with E-state index < -0.39 is 6.10 Å². The Morgan fingerprint density at radius 3 is 2.70 bits per heavy atom. The van der Waals surface area contributed by atoms with E-state index in [9.17, 15) is 9.90 Å². The van der Waals surface area contributed by atoms with Gasteiger partial charge in [-0.25, -0.2) is 0 Å². The summed E-state index contributed by atoms with van der Waals surface area (Å²) in [7, 11) is 0. The van der Waals surface area contributed by atoms with Crippen LogP contribution in [0.4, 0.5) is 0 Å². The lowest BCUT2D eigenvalue weighted by molar-refractivity contribution is 0.0313. The largest absolute Gasteiger partial charge is 0.491 e. The quantitative estimate of drug-likeness (QED) is 0.566. The number of carbonyl (C=O) groups excluding carboxylic acids is 1. The van der Waals surface area contributed by atoms with Crippen molar-refractivity contribution < 1.29 is 19.4 Å². The van der Waals surface area contributed by atoms with Crippen LogP contribution in [0.5, 0.6) is 5.75 Å². The molecule has 0 bridgehead atoms. The van der Waals surface area contributed by atoms with Gasteiger partial charge in [0.15, 0.2) is 0 Å². The summed E-state index contributed by atoms with van der Waals surface area (Å²) in [5.41, 5.74) is 3.12. The van der Waals surface area contributed by atoms with E-state index in [4.69, 9.17) is 9.47 Å². The van der Waals surface area contributed by atoms with Gasteiger partial charge in [0.25, 0.3) is 0 Å². The smallest absolute Gasteiger partial charge is 0.150 e. The zero-order valence-corrected chi connectivity index (χ0v) is 18.0. The summed E-state index contributed by atoms with van der Waals surface area (Å²) in [6, 6.07) is 15.7. The van der Waals surface area contributed by atoms with Gasteiger partial charge in [-0.1, -0.05) is 50.2 Å². The molecule has 162 valence electrons. The molecule has 1 N–H and O–H groups in total. The minimum absolute atomic E-state index is 0.177. The fourth-order valence-corrected chi connectivity index (χ4v) is 3.77. The van der Waals surface area contributed by atoms with Gasteiger partial charge in [-0.2, -0.15) is 0 Å². The summed E-state index contributed by atoms with van der Waals surface area (Å²) >= 11 is 0. The molecule has 2 aromatic carbocycles. The molecule has 0 amide bonds. The molecule has 2 aromatic rings. The lowest BCUT2D eigenvalue weighted by Crippen LogP contribution is -2.39. The number of rotatable bonds is 11. The molecule has 1 fully saturated rings. The van der Waals surface area contributed by atoms with Crippen LogP contribution in [0.2, 0.25) is 0 Å². The molecule has 1 aliphatic rings. The van der Waals surface area contributed by atoms with Crippen LogP contribution in [0.1, 0.15) is 54.1 Å². The molecule has 2 atom stereocenters. The fraction of sp³-hybridized carbons (Fsp3) is 0.480. The Hall–Kier alpha value is -2.21. The second-order valence-corrected chi connectivity index (χ2v) is 8.38. The van der Waals surface area contributed by atoms with Gasteiger partial charge in [-0.15, -0.1) is 0 Å². The van der Waals surface area contributed by atoms with Crippen molar-refractivity contribution in [3.8, 4) is 5.75 Å². The van der Waals surface area contributed by atoms with Crippen molar-refractivity contribution in [1.82, 2.24) is 4.90 Å². The van der Waals surface area contributed by atoms with Crippen LogP contribution >= 0.6 is 0 Å². The number of ether oxygens (including phenoxy) is 2. The number of hydrogen-bond donors (Lipinski definition) is 1. The molecule has 0 aliphatic carbocycles. The second kappa shape index (κ2) is 11.3. The summed E-state index contributed by atoms with van der Waals surface area (Å²) in [5, 5.41) is 10.6. The molecule has 2 unspecified atom stereocenters. The maximum Gasteiger partial charge on any atom is 0.150 e. The Bertz CT molecular complexity index is 784. The zero-order valence-electron chi connectivity index (χ0n) is 18.0. The Labute approximate surface area is 179 Å². The Morgan fingerprint density at radius 1 is 1.23 bits per heavy atom. The molecule has 0 radical (unpaired) electrons. The molecule has 3 rings (SSSR count). The third kappa shape index (κ3) is 6.94. The van der Waals surface area contributed by atoms with E-state index in [-0.39, 0.29) is 12.7 Å². The molecule has 5 heteroatoms. The highest BCUT2D eigenvalue weighted by molar-refractivity contribution is 5.75. The summed E-state index contributed by atoms with van der Waals surface area (Å²) in [4.78, 5) is 13.2. The number of hydrogen-bond acceptors (Lipinski definition) is 5. The minimum Gasteiger partial charge on any atom is -0.491 e. The van der Waals surface area contributed by atoms with Crippen molar-refractivity contribution in [3.63, 3.8) is 0 Å². The maximum atomic E-state index is 10.9. The SMILES string of the molecule is CC(C)c1ccc(CN(CC(O)COc2cccc(C=O)c2)CC2CCCO2)cc1. The van der Waals surface area contributed by atoms with Crippen molar-refractivity contribution in [2.75, 3.05) is 26.3 Å². The highest BCUT2D eigenvalue weighted by Crippen LogP contribution is 2.19. The van der Waals surface area contributed by atoms with Gasteiger partial charge >= 0.3 is 0 Å². The summed E-state index contributed by atoms with van der Waals surface area (Å²) in [6.45, 7) is 7.44. The first-order chi connectivity index (χ1) is 14.5. The van der Waals surface area contributed by atoms with Crippen LogP contribution in [-0.4, -0.2) is 54.8 Å². The van der Waals surface area contributed by atoms with Crippen LogP contribution in [0.15, 0.2) is 48.5 Å². The van der Waals surface area contributed by atoms with E-state index in [2.05, 4.69) is 43.0 Å². The van der Waals surface area contributed by atoms with Gasteiger partial charge < -0.3 is 14.6 Å². The van der Waals surface area contributed by atoms with Crippen LogP contribution < -0.4 is 4.74 Å². The Morgan fingerprint density at radius 2 is 2.03 bits per heavy atom. The van der Waals surface area contributed by atoms with Gasteiger partial charge in [0, 0.05) is 31.8 Å². The molecule has 0 saturated carbocycles. The fourth-order valence-electron chi connectivity index (χ4n) is 3.77. The maximum absolute atomic E-state index is 10.9. The minimum atomic E-state index is -0.638. The van der Waals surface area contributed by atoms with E-state index >= 15 is 0 Å². The third-order valence-electron chi connectivity index (χ3n) is 5.44. The van der Waals surface area contributed by atoms with E-state index in [0.717, 1.165) is 38.8 Å². The van der Waals surface area contributed by atoms with Crippen LogP contribution in [0.3, 0.4) is 0 Å². The highest BCUT2D eigenvalue weighted by atomic mass is 16.5. The average molecular weight is 412 g/mol. The number of aldehydes is 1. The van der Waals surface area contributed by atoms with E-state index in [0.29, 0.717) is 23.8 Å². The average Bonchev–Trinajstić information content (AvgIpc) is 3.26. The van der Waals surface area contributed by atoms with Crippen molar-refractivity contribution in [2.24, 2.45) is 0 Å². The summed E-state index contributed by atoms with van der Waals surface area (Å²) in [5.74, 6) is 1.10. The first-order valence-electron chi connectivity index (χ1n) is 10.8. The first kappa shape index (κ1) is 22.5. The van der Waals surface area contributed by atoms with Gasteiger partial charge in [-0.3, -0.25) is 9.69 Å². The van der Waals surface area contributed by atoms with Crippen molar-refractivity contribution >= 4 is 6.29 Å². The van der Waals surface area contributed by atoms with Crippen molar-refractivity contribution in [2.45, 2.75) is 51.4 Å². The number of nitrogens with zero attached hydrogens (tertiary/aromatic N) is 1. The number of aliphatic hydroxyl groups is 1. The monoisotopic (exact) mass is 411 g/mol. The number of carbonyl (C=O) groups is 1.